The molecule has 0 aliphatic carbocycles. The first-order valence-corrected chi connectivity index (χ1v) is 7.19. The Bertz CT molecular complexity index is 423. The quantitative estimate of drug-likeness (QED) is 0.499. The van der Waals surface area contributed by atoms with E-state index in [0.29, 0.717) is 15.0 Å². The Morgan fingerprint density at radius 1 is 1.31 bits per heavy atom. The molecule has 0 radical (unpaired) electrons. The van der Waals surface area contributed by atoms with Crippen LogP contribution >= 0.6 is 0 Å². The number of nitrogens with zero attached hydrogens (tertiary/aromatic N) is 2. The number of aromatic nitrogens is 2. The van der Waals surface area contributed by atoms with Crippen molar-refractivity contribution in [3.8, 4) is 0 Å². The summed E-state index contributed by atoms with van der Waals surface area (Å²) in [5, 5.41) is 1.13. The van der Waals surface area contributed by atoms with Crippen molar-refractivity contribution in [3.05, 3.63) is 48.5 Å². The van der Waals surface area contributed by atoms with Crippen LogP contribution in [0, 0.1) is 0 Å². The monoisotopic (exact) mass is 279 g/mol. The first-order valence-electron chi connectivity index (χ1n) is 5.12. The summed E-state index contributed by atoms with van der Waals surface area (Å²) in [6, 6.07) is 10.6. The molecule has 16 heavy (non-hydrogen) atoms. The molecule has 0 aliphatic rings. The summed E-state index contributed by atoms with van der Waals surface area (Å²) in [4.78, 5) is 11.4. The summed E-state index contributed by atoms with van der Waals surface area (Å²) < 4.78 is 1.43. The van der Waals surface area contributed by atoms with Gasteiger partial charge in [0.2, 0.25) is 0 Å². The van der Waals surface area contributed by atoms with Crippen LogP contribution in [0.1, 0.15) is 5.82 Å². The number of hydrogen-bond donors (Lipinski definition) is 1. The Labute approximate surface area is 101 Å². The molecule has 0 atom stereocenters. The minimum absolute atomic E-state index is 0.530. The molecule has 0 fully saturated rings. The molecule has 0 bridgehead atoms. The Morgan fingerprint density at radius 3 is 2.94 bits per heavy atom. The van der Waals surface area contributed by atoms with E-state index >= 15 is 0 Å². The zero-order valence-corrected chi connectivity index (χ0v) is 10.5. The summed E-state index contributed by atoms with van der Waals surface area (Å²) in [6.45, 7) is 0.871. The number of benzene rings is 1. The molecule has 0 unspecified atom stereocenters. The van der Waals surface area contributed by atoms with E-state index in [1.807, 2.05) is 0 Å². The topological polar surface area (TPSA) is 41.0 Å². The molecule has 0 spiro atoms. The van der Waals surface area contributed by atoms with Gasteiger partial charge in [-0.05, 0) is 0 Å². The Kier molecular flexibility index (Phi) is 4.35. The van der Waals surface area contributed by atoms with Gasteiger partial charge in [-0.2, -0.15) is 0 Å². The molecule has 0 aliphatic heterocycles. The second kappa shape index (κ2) is 6.26. The predicted molar refractivity (Wildman–Crippen MR) is 67.7 cm³/mol. The number of aliphatic imine (C=N–C) groups is 1. The molecule has 0 amide bonds. The van der Waals surface area contributed by atoms with Crippen LogP contribution < -0.4 is 4.46 Å². The third kappa shape index (κ3) is 3.65. The fourth-order valence-electron chi connectivity index (χ4n) is 1.23. The van der Waals surface area contributed by atoms with Crippen molar-refractivity contribution in [2.45, 2.75) is 5.32 Å². The zero-order valence-electron chi connectivity index (χ0n) is 8.84. The SMILES string of the molecule is C(=NCC[Se]c1ccccc1)c1ncc[nH]1. The average molecular weight is 278 g/mol. The predicted octanol–water partition coefficient (Wildman–Crippen LogP) is 1.28. The van der Waals surface area contributed by atoms with Crippen LogP contribution in [0.3, 0.4) is 0 Å². The van der Waals surface area contributed by atoms with E-state index in [2.05, 4.69) is 45.3 Å². The Balaban J connectivity index is 1.69. The molecular formula is C12H13N3Se. The molecular weight excluding hydrogens is 265 g/mol. The van der Waals surface area contributed by atoms with Crippen LogP contribution in [0.5, 0.6) is 0 Å². The Morgan fingerprint density at radius 2 is 2.19 bits per heavy atom. The average Bonchev–Trinajstić information content (AvgIpc) is 2.83. The van der Waals surface area contributed by atoms with E-state index in [1.165, 1.54) is 4.46 Å². The molecule has 1 aromatic heterocycles. The maximum atomic E-state index is 4.33. The van der Waals surface area contributed by atoms with Crippen molar-refractivity contribution < 1.29 is 0 Å². The summed E-state index contributed by atoms with van der Waals surface area (Å²) in [6.07, 6.45) is 5.32. The van der Waals surface area contributed by atoms with E-state index in [9.17, 15) is 0 Å². The molecule has 82 valence electrons. The van der Waals surface area contributed by atoms with Gasteiger partial charge < -0.3 is 0 Å². The Hall–Kier alpha value is -1.38. The number of aromatic amines is 1. The molecule has 1 heterocycles. The van der Waals surface area contributed by atoms with Crippen molar-refractivity contribution in [2.24, 2.45) is 4.99 Å². The van der Waals surface area contributed by atoms with Crippen molar-refractivity contribution in [3.63, 3.8) is 0 Å². The number of H-pyrrole nitrogens is 1. The molecule has 3 nitrogen and oxygen atoms in total. The molecule has 0 saturated heterocycles. The van der Waals surface area contributed by atoms with Gasteiger partial charge >= 0.3 is 101 Å². The molecule has 2 rings (SSSR count). The molecule has 1 aromatic carbocycles. The fourth-order valence-corrected chi connectivity index (χ4v) is 2.87. The van der Waals surface area contributed by atoms with Gasteiger partial charge in [-0.3, -0.25) is 0 Å². The third-order valence-electron chi connectivity index (χ3n) is 1.97. The fraction of sp³-hybridized carbons (Fsp3) is 0.167. The van der Waals surface area contributed by atoms with E-state index in [4.69, 9.17) is 0 Å². The van der Waals surface area contributed by atoms with E-state index < -0.39 is 0 Å². The van der Waals surface area contributed by atoms with Gasteiger partial charge in [0.15, 0.2) is 0 Å². The van der Waals surface area contributed by atoms with Gasteiger partial charge in [-0.1, -0.05) is 0 Å². The molecule has 0 saturated carbocycles. The summed E-state index contributed by atoms with van der Waals surface area (Å²) in [7, 11) is 0. The van der Waals surface area contributed by atoms with E-state index in [0.717, 1.165) is 17.7 Å². The number of imidazole rings is 1. The van der Waals surface area contributed by atoms with Gasteiger partial charge in [0.05, 0.1) is 0 Å². The van der Waals surface area contributed by atoms with Crippen LogP contribution in [0.25, 0.3) is 0 Å². The van der Waals surface area contributed by atoms with Gasteiger partial charge in [-0.15, -0.1) is 0 Å². The first-order chi connectivity index (χ1) is 7.95. The van der Waals surface area contributed by atoms with Crippen LogP contribution in [0.15, 0.2) is 47.7 Å². The second-order valence-corrected chi connectivity index (χ2v) is 5.62. The summed E-state index contributed by atoms with van der Waals surface area (Å²) >= 11 is 0.530. The standard InChI is InChI=1S/C12H13N3Se/c1-2-4-11(5-3-1)16-9-8-13-10-12-14-6-7-15-12/h1-7,10H,8-9H2,(H,14,15). The molecule has 4 heteroatoms. The summed E-state index contributed by atoms with van der Waals surface area (Å²) in [5.41, 5.74) is 0. The summed E-state index contributed by atoms with van der Waals surface area (Å²) in [5.74, 6) is 0.826. The van der Waals surface area contributed by atoms with Crippen LogP contribution in [0.4, 0.5) is 0 Å². The van der Waals surface area contributed by atoms with Gasteiger partial charge in [0, 0.05) is 0 Å². The number of rotatable bonds is 5. The third-order valence-corrected chi connectivity index (χ3v) is 4.05. The number of nitrogens with one attached hydrogen (secondary N) is 1. The van der Waals surface area contributed by atoms with Crippen LogP contribution in [-0.2, 0) is 0 Å². The normalized spacial score (nSPS) is 11.0. The van der Waals surface area contributed by atoms with Crippen molar-refractivity contribution in [2.75, 3.05) is 6.54 Å². The first kappa shape index (κ1) is 11.1. The van der Waals surface area contributed by atoms with Crippen LogP contribution in [0.2, 0.25) is 5.32 Å². The maximum absolute atomic E-state index is 4.33. The molecule has 1 N–H and O–H groups in total. The van der Waals surface area contributed by atoms with Gasteiger partial charge in [0.1, 0.15) is 0 Å². The van der Waals surface area contributed by atoms with Crippen molar-refractivity contribution in [1.82, 2.24) is 9.97 Å². The number of hydrogen-bond acceptors (Lipinski definition) is 2. The zero-order chi connectivity index (χ0) is 11.1. The van der Waals surface area contributed by atoms with Crippen molar-refractivity contribution >= 4 is 25.6 Å². The van der Waals surface area contributed by atoms with E-state index in [1.54, 1.807) is 18.6 Å². The molecule has 2 aromatic rings. The second-order valence-electron chi connectivity index (χ2n) is 3.17. The van der Waals surface area contributed by atoms with E-state index in [-0.39, 0.29) is 0 Å². The van der Waals surface area contributed by atoms with Crippen LogP contribution in [-0.4, -0.2) is 37.7 Å². The minimum atomic E-state index is 0.530. The van der Waals surface area contributed by atoms with Gasteiger partial charge in [0.25, 0.3) is 0 Å². The van der Waals surface area contributed by atoms with Gasteiger partial charge in [-0.25, -0.2) is 0 Å². The van der Waals surface area contributed by atoms with Crippen molar-refractivity contribution in [1.29, 1.82) is 0 Å².